The number of ether oxygens (including phenoxy) is 3. The second-order valence-corrected chi connectivity index (χ2v) is 6.55. The summed E-state index contributed by atoms with van der Waals surface area (Å²) in [5.74, 6) is -0.249. The number of nitrogens with one attached hydrogen (secondary N) is 2. The minimum atomic E-state index is -1.01. The fraction of sp³-hybridized carbons (Fsp3) is 0.286. The standard InChI is InChI=1S/C21H22N2O6/c1-13(23-20(25)16-6-4-3-5-7-16)21(26)29-14(2)19(24)22-11-15-8-9-17-18(10-15)28-12-27-17/h3-10,13-14H,11-12H2,1-2H3,(H,22,24)(H,23,25)/t13-,14+/m0/s1. The summed E-state index contributed by atoms with van der Waals surface area (Å²) in [6.07, 6.45) is -1.01. The van der Waals surface area contributed by atoms with E-state index in [9.17, 15) is 14.4 Å². The molecule has 0 unspecified atom stereocenters. The summed E-state index contributed by atoms with van der Waals surface area (Å²) >= 11 is 0. The molecule has 1 aliphatic rings. The van der Waals surface area contributed by atoms with Gasteiger partial charge in [0.15, 0.2) is 17.6 Å². The van der Waals surface area contributed by atoms with Gasteiger partial charge in [-0.3, -0.25) is 9.59 Å². The van der Waals surface area contributed by atoms with E-state index in [0.29, 0.717) is 17.1 Å². The molecule has 0 saturated heterocycles. The van der Waals surface area contributed by atoms with Crippen LogP contribution in [0.1, 0.15) is 29.8 Å². The molecule has 2 aromatic rings. The lowest BCUT2D eigenvalue weighted by molar-refractivity contribution is -0.156. The number of fused-ring (bicyclic) bond motifs is 1. The first-order valence-electron chi connectivity index (χ1n) is 9.16. The number of carbonyl (C=O) groups excluding carboxylic acids is 3. The number of benzene rings is 2. The van der Waals surface area contributed by atoms with Gasteiger partial charge in [-0.15, -0.1) is 0 Å². The van der Waals surface area contributed by atoms with Crippen molar-refractivity contribution < 1.29 is 28.6 Å². The molecule has 0 bridgehead atoms. The van der Waals surface area contributed by atoms with E-state index < -0.39 is 29.9 Å². The molecule has 2 atom stereocenters. The summed E-state index contributed by atoms with van der Waals surface area (Å²) in [5.41, 5.74) is 1.26. The van der Waals surface area contributed by atoms with Crippen molar-refractivity contribution in [2.24, 2.45) is 0 Å². The van der Waals surface area contributed by atoms with Crippen LogP contribution in [0, 0.1) is 0 Å². The molecule has 152 valence electrons. The highest BCUT2D eigenvalue weighted by Gasteiger charge is 2.23. The van der Waals surface area contributed by atoms with Gasteiger partial charge in [0.2, 0.25) is 6.79 Å². The quantitative estimate of drug-likeness (QED) is 0.690. The summed E-state index contributed by atoms with van der Waals surface area (Å²) < 4.78 is 15.7. The maximum atomic E-state index is 12.2. The highest BCUT2D eigenvalue weighted by atomic mass is 16.7. The number of hydrogen-bond acceptors (Lipinski definition) is 6. The number of esters is 1. The third-order valence-electron chi connectivity index (χ3n) is 4.30. The molecule has 2 N–H and O–H groups in total. The third-order valence-corrected chi connectivity index (χ3v) is 4.30. The molecular weight excluding hydrogens is 376 g/mol. The molecule has 1 heterocycles. The lowest BCUT2D eigenvalue weighted by Gasteiger charge is -2.17. The minimum Gasteiger partial charge on any atom is -0.454 e. The Bertz CT molecular complexity index is 899. The van der Waals surface area contributed by atoms with Crippen molar-refractivity contribution in [3.8, 4) is 11.5 Å². The van der Waals surface area contributed by atoms with E-state index in [1.807, 2.05) is 6.07 Å². The molecule has 0 radical (unpaired) electrons. The smallest absolute Gasteiger partial charge is 0.329 e. The predicted octanol–water partition coefficient (Wildman–Crippen LogP) is 1.78. The number of rotatable bonds is 7. The van der Waals surface area contributed by atoms with E-state index in [4.69, 9.17) is 14.2 Å². The first-order chi connectivity index (χ1) is 13.9. The molecule has 0 aliphatic carbocycles. The highest BCUT2D eigenvalue weighted by molar-refractivity contribution is 5.96. The van der Waals surface area contributed by atoms with Crippen LogP contribution in [0.3, 0.4) is 0 Å². The molecule has 2 aromatic carbocycles. The van der Waals surface area contributed by atoms with E-state index in [-0.39, 0.29) is 13.3 Å². The Labute approximate surface area is 168 Å². The van der Waals surface area contributed by atoms with Crippen LogP contribution in [-0.2, 0) is 20.9 Å². The molecular formula is C21H22N2O6. The Balaban J connectivity index is 1.45. The minimum absolute atomic E-state index is 0.178. The van der Waals surface area contributed by atoms with Gasteiger partial charge < -0.3 is 24.8 Å². The van der Waals surface area contributed by atoms with Crippen molar-refractivity contribution in [1.82, 2.24) is 10.6 Å². The summed E-state index contributed by atoms with van der Waals surface area (Å²) in [5, 5.41) is 5.25. The lowest BCUT2D eigenvalue weighted by Crippen LogP contribution is -2.43. The van der Waals surface area contributed by atoms with Crippen LogP contribution in [0.15, 0.2) is 48.5 Å². The largest absolute Gasteiger partial charge is 0.454 e. The average Bonchev–Trinajstić information content (AvgIpc) is 3.20. The lowest BCUT2D eigenvalue weighted by atomic mass is 10.2. The van der Waals surface area contributed by atoms with Crippen LogP contribution in [0.4, 0.5) is 0 Å². The molecule has 2 amide bonds. The number of hydrogen-bond donors (Lipinski definition) is 2. The van der Waals surface area contributed by atoms with Gasteiger partial charge in [0, 0.05) is 12.1 Å². The van der Waals surface area contributed by atoms with Gasteiger partial charge in [0.25, 0.3) is 11.8 Å². The predicted molar refractivity (Wildman–Crippen MR) is 103 cm³/mol. The second-order valence-electron chi connectivity index (χ2n) is 6.55. The SMILES string of the molecule is C[C@H](NC(=O)c1ccccc1)C(=O)O[C@H](C)C(=O)NCc1ccc2c(c1)OCO2. The van der Waals surface area contributed by atoms with Crippen LogP contribution in [-0.4, -0.2) is 36.7 Å². The fourth-order valence-corrected chi connectivity index (χ4v) is 2.64. The summed E-state index contributed by atoms with van der Waals surface area (Å²) in [7, 11) is 0. The molecule has 0 spiro atoms. The Morgan fingerprint density at radius 1 is 1.03 bits per heavy atom. The Morgan fingerprint density at radius 3 is 2.52 bits per heavy atom. The van der Waals surface area contributed by atoms with E-state index in [1.54, 1.807) is 42.5 Å². The van der Waals surface area contributed by atoms with Gasteiger partial charge in [-0.1, -0.05) is 24.3 Å². The van der Waals surface area contributed by atoms with Gasteiger partial charge in [-0.2, -0.15) is 0 Å². The van der Waals surface area contributed by atoms with Crippen molar-refractivity contribution in [3.63, 3.8) is 0 Å². The van der Waals surface area contributed by atoms with Crippen molar-refractivity contribution >= 4 is 17.8 Å². The molecule has 0 aromatic heterocycles. The number of carbonyl (C=O) groups is 3. The van der Waals surface area contributed by atoms with Crippen molar-refractivity contribution in [2.45, 2.75) is 32.5 Å². The third kappa shape index (κ3) is 5.25. The van der Waals surface area contributed by atoms with Crippen LogP contribution < -0.4 is 20.1 Å². The van der Waals surface area contributed by atoms with E-state index >= 15 is 0 Å². The first kappa shape index (κ1) is 20.2. The monoisotopic (exact) mass is 398 g/mol. The Morgan fingerprint density at radius 2 is 1.76 bits per heavy atom. The fourth-order valence-electron chi connectivity index (χ4n) is 2.64. The van der Waals surface area contributed by atoms with E-state index in [0.717, 1.165) is 5.56 Å². The maximum absolute atomic E-state index is 12.2. The first-order valence-corrected chi connectivity index (χ1v) is 9.16. The van der Waals surface area contributed by atoms with Crippen molar-refractivity contribution in [1.29, 1.82) is 0 Å². The van der Waals surface area contributed by atoms with Crippen LogP contribution >= 0.6 is 0 Å². The van der Waals surface area contributed by atoms with Crippen LogP contribution in [0.5, 0.6) is 11.5 Å². The van der Waals surface area contributed by atoms with Crippen LogP contribution in [0.25, 0.3) is 0 Å². The molecule has 3 rings (SSSR count). The molecule has 1 aliphatic heterocycles. The topological polar surface area (TPSA) is 103 Å². The molecule has 29 heavy (non-hydrogen) atoms. The summed E-state index contributed by atoms with van der Waals surface area (Å²) in [6, 6.07) is 13.0. The van der Waals surface area contributed by atoms with Crippen molar-refractivity contribution in [3.05, 3.63) is 59.7 Å². The molecule has 0 saturated carbocycles. The average molecular weight is 398 g/mol. The highest BCUT2D eigenvalue weighted by Crippen LogP contribution is 2.32. The number of amides is 2. The Hall–Kier alpha value is -3.55. The zero-order valence-corrected chi connectivity index (χ0v) is 16.1. The maximum Gasteiger partial charge on any atom is 0.329 e. The van der Waals surface area contributed by atoms with Crippen LogP contribution in [0.2, 0.25) is 0 Å². The molecule has 0 fully saturated rings. The van der Waals surface area contributed by atoms with Gasteiger partial charge in [-0.05, 0) is 43.7 Å². The van der Waals surface area contributed by atoms with Crippen molar-refractivity contribution in [2.75, 3.05) is 6.79 Å². The van der Waals surface area contributed by atoms with E-state index in [2.05, 4.69) is 10.6 Å². The zero-order chi connectivity index (χ0) is 20.8. The van der Waals surface area contributed by atoms with E-state index in [1.165, 1.54) is 13.8 Å². The van der Waals surface area contributed by atoms with Gasteiger partial charge in [0.1, 0.15) is 6.04 Å². The summed E-state index contributed by atoms with van der Waals surface area (Å²) in [4.78, 5) is 36.5. The van der Waals surface area contributed by atoms with Gasteiger partial charge in [-0.25, -0.2) is 4.79 Å². The van der Waals surface area contributed by atoms with Gasteiger partial charge in [0.05, 0.1) is 0 Å². The Kier molecular flexibility index (Phi) is 6.33. The van der Waals surface area contributed by atoms with Gasteiger partial charge >= 0.3 is 5.97 Å². The second kappa shape index (κ2) is 9.09. The summed E-state index contributed by atoms with van der Waals surface area (Å²) in [6.45, 7) is 3.40. The zero-order valence-electron chi connectivity index (χ0n) is 16.1. The molecule has 8 nitrogen and oxygen atoms in total. The normalized spacial score (nSPS) is 13.9. The molecule has 8 heteroatoms.